The molecule has 4 rings (SSSR count). The molecule has 0 atom stereocenters. The Morgan fingerprint density at radius 1 is 1.13 bits per heavy atom. The predicted molar refractivity (Wildman–Crippen MR) is 120 cm³/mol. The molecule has 8 heteroatoms. The zero-order valence-corrected chi connectivity index (χ0v) is 18.3. The van der Waals surface area contributed by atoms with Crippen LogP contribution in [0.3, 0.4) is 0 Å². The van der Waals surface area contributed by atoms with Crippen LogP contribution in [0.5, 0.6) is 0 Å². The van der Waals surface area contributed by atoms with E-state index in [1.807, 2.05) is 31.0 Å². The Hall–Kier alpha value is -2.74. The summed E-state index contributed by atoms with van der Waals surface area (Å²) in [6, 6.07) is 4.15. The summed E-state index contributed by atoms with van der Waals surface area (Å²) in [6.07, 6.45) is 5.43. The van der Waals surface area contributed by atoms with Crippen molar-refractivity contribution in [3.05, 3.63) is 30.1 Å². The maximum atomic E-state index is 13.1. The summed E-state index contributed by atoms with van der Waals surface area (Å²) in [7, 11) is 0. The van der Waals surface area contributed by atoms with Crippen molar-refractivity contribution in [1.82, 2.24) is 20.3 Å². The molecule has 2 aliphatic heterocycles. The number of hydrogen-bond donors (Lipinski definition) is 2. The fraction of sp³-hybridized carbons (Fsp3) is 0.545. The lowest BCUT2D eigenvalue weighted by atomic mass is 9.88. The van der Waals surface area contributed by atoms with Crippen LogP contribution in [-0.4, -0.2) is 53.1 Å². The van der Waals surface area contributed by atoms with Gasteiger partial charge in [-0.3, -0.25) is 9.69 Å². The number of carbonyl (C=O) groups excluding carboxylic acids is 1. The normalized spacial score (nSPS) is 18.1. The molecule has 1 amide bonds. The third kappa shape index (κ3) is 3.60. The van der Waals surface area contributed by atoms with E-state index in [-0.39, 0.29) is 11.9 Å². The first-order valence-electron chi connectivity index (χ1n) is 10.9. The largest absolute Gasteiger partial charge is 0.368 e. The van der Waals surface area contributed by atoms with Gasteiger partial charge in [-0.15, -0.1) is 0 Å². The molecule has 2 aliphatic rings. The van der Waals surface area contributed by atoms with E-state index >= 15 is 0 Å². The summed E-state index contributed by atoms with van der Waals surface area (Å²) in [4.78, 5) is 31.0. The van der Waals surface area contributed by atoms with Crippen LogP contribution in [0.15, 0.2) is 24.5 Å². The van der Waals surface area contributed by atoms with Crippen molar-refractivity contribution in [3.8, 4) is 0 Å². The number of hydrogen-bond acceptors (Lipinski definition) is 7. The molecule has 30 heavy (non-hydrogen) atoms. The first-order chi connectivity index (χ1) is 14.5. The molecule has 0 aliphatic carbocycles. The molecule has 0 bridgehead atoms. The SMILES string of the molecule is CCC(CC)N1C(=O)C(C)(C)c2cnc(Nc3ccc(N4CCNCC4)cn3)nc21. The van der Waals surface area contributed by atoms with Crippen molar-refractivity contribution in [2.45, 2.75) is 52.0 Å². The van der Waals surface area contributed by atoms with E-state index < -0.39 is 5.41 Å². The maximum Gasteiger partial charge on any atom is 0.238 e. The van der Waals surface area contributed by atoms with Crippen molar-refractivity contribution < 1.29 is 4.79 Å². The van der Waals surface area contributed by atoms with Gasteiger partial charge in [-0.25, -0.2) is 9.97 Å². The molecule has 2 N–H and O–H groups in total. The third-order valence-corrected chi connectivity index (χ3v) is 6.20. The maximum absolute atomic E-state index is 13.1. The van der Waals surface area contributed by atoms with E-state index in [9.17, 15) is 4.79 Å². The average molecular weight is 410 g/mol. The summed E-state index contributed by atoms with van der Waals surface area (Å²) in [5.74, 6) is 1.95. The number of piperazine rings is 1. The standard InChI is InChI=1S/C22H31N7O/c1-5-15(6-2)29-19-17(22(3,4)20(29)30)14-25-21(27-19)26-18-8-7-16(13-24-18)28-11-9-23-10-12-28/h7-8,13-15,23H,5-6,9-12H2,1-4H3,(H,24,25,26,27). The zero-order chi connectivity index (χ0) is 21.3. The van der Waals surface area contributed by atoms with Crippen molar-refractivity contribution in [1.29, 1.82) is 0 Å². The average Bonchev–Trinajstić information content (AvgIpc) is 2.96. The van der Waals surface area contributed by atoms with Gasteiger partial charge in [-0.2, -0.15) is 4.98 Å². The van der Waals surface area contributed by atoms with E-state index in [1.165, 1.54) is 0 Å². The number of pyridine rings is 1. The van der Waals surface area contributed by atoms with Crippen LogP contribution in [0.4, 0.5) is 23.3 Å². The topological polar surface area (TPSA) is 86.3 Å². The number of anilines is 4. The lowest BCUT2D eigenvalue weighted by Gasteiger charge is -2.29. The predicted octanol–water partition coefficient (Wildman–Crippen LogP) is 2.84. The van der Waals surface area contributed by atoms with Gasteiger partial charge in [0.25, 0.3) is 0 Å². The van der Waals surface area contributed by atoms with Gasteiger partial charge in [0.15, 0.2) is 0 Å². The fourth-order valence-corrected chi connectivity index (χ4v) is 4.25. The van der Waals surface area contributed by atoms with Crippen LogP contribution in [0.2, 0.25) is 0 Å². The van der Waals surface area contributed by atoms with Gasteiger partial charge >= 0.3 is 0 Å². The highest BCUT2D eigenvalue weighted by Gasteiger charge is 2.47. The summed E-state index contributed by atoms with van der Waals surface area (Å²) in [5, 5.41) is 6.56. The van der Waals surface area contributed by atoms with Crippen LogP contribution in [0.25, 0.3) is 0 Å². The Balaban J connectivity index is 1.57. The Morgan fingerprint density at radius 3 is 2.50 bits per heavy atom. The van der Waals surface area contributed by atoms with Crippen LogP contribution in [0.1, 0.15) is 46.1 Å². The molecule has 0 spiro atoms. The first kappa shape index (κ1) is 20.5. The van der Waals surface area contributed by atoms with Crippen LogP contribution >= 0.6 is 0 Å². The quantitative estimate of drug-likeness (QED) is 0.759. The minimum Gasteiger partial charge on any atom is -0.368 e. The molecule has 160 valence electrons. The number of rotatable bonds is 6. The lowest BCUT2D eigenvalue weighted by molar-refractivity contribution is -0.122. The minimum atomic E-state index is -0.611. The number of carbonyl (C=O) groups is 1. The Morgan fingerprint density at radius 2 is 1.87 bits per heavy atom. The monoisotopic (exact) mass is 409 g/mol. The number of fused-ring (bicyclic) bond motifs is 1. The zero-order valence-electron chi connectivity index (χ0n) is 18.3. The molecular weight excluding hydrogens is 378 g/mol. The van der Waals surface area contributed by atoms with Gasteiger partial charge in [0, 0.05) is 44.0 Å². The second-order valence-electron chi connectivity index (χ2n) is 8.47. The van der Waals surface area contributed by atoms with Gasteiger partial charge in [0.05, 0.1) is 17.3 Å². The molecule has 2 aromatic rings. The summed E-state index contributed by atoms with van der Waals surface area (Å²) in [6.45, 7) is 12.1. The lowest BCUT2D eigenvalue weighted by Crippen LogP contribution is -2.43. The molecule has 0 saturated carbocycles. The van der Waals surface area contributed by atoms with Gasteiger partial charge < -0.3 is 15.5 Å². The van der Waals surface area contributed by atoms with Crippen LogP contribution < -0.4 is 20.4 Å². The Kier molecular flexibility index (Phi) is 5.60. The van der Waals surface area contributed by atoms with Gasteiger partial charge in [-0.1, -0.05) is 13.8 Å². The molecule has 1 saturated heterocycles. The number of nitrogens with zero attached hydrogens (tertiary/aromatic N) is 5. The minimum absolute atomic E-state index is 0.0937. The molecule has 1 fully saturated rings. The number of nitrogens with one attached hydrogen (secondary N) is 2. The van der Waals surface area contributed by atoms with Crippen molar-refractivity contribution >= 4 is 29.2 Å². The van der Waals surface area contributed by atoms with Crippen LogP contribution in [0, 0.1) is 0 Å². The van der Waals surface area contributed by atoms with E-state index in [0.29, 0.717) is 17.6 Å². The Bertz CT molecular complexity index is 902. The highest BCUT2D eigenvalue weighted by molar-refractivity contribution is 6.07. The van der Waals surface area contributed by atoms with Crippen molar-refractivity contribution in [2.24, 2.45) is 0 Å². The fourth-order valence-electron chi connectivity index (χ4n) is 4.25. The molecule has 0 aromatic carbocycles. The molecule has 8 nitrogen and oxygen atoms in total. The highest BCUT2D eigenvalue weighted by Crippen LogP contribution is 2.42. The second kappa shape index (κ2) is 8.18. The molecule has 0 unspecified atom stereocenters. The summed E-state index contributed by atoms with van der Waals surface area (Å²) in [5.41, 5.74) is 1.38. The molecule has 2 aromatic heterocycles. The second-order valence-corrected chi connectivity index (χ2v) is 8.47. The molecular formula is C22H31N7O. The van der Waals surface area contributed by atoms with Gasteiger partial charge in [0.1, 0.15) is 11.6 Å². The van der Waals surface area contributed by atoms with Crippen molar-refractivity contribution in [2.75, 3.05) is 41.3 Å². The van der Waals surface area contributed by atoms with Crippen LogP contribution in [-0.2, 0) is 10.2 Å². The van der Waals surface area contributed by atoms with Gasteiger partial charge in [0.2, 0.25) is 11.9 Å². The smallest absolute Gasteiger partial charge is 0.238 e. The van der Waals surface area contributed by atoms with E-state index in [1.54, 1.807) is 6.20 Å². The number of amides is 1. The van der Waals surface area contributed by atoms with Gasteiger partial charge in [-0.05, 0) is 38.8 Å². The van der Waals surface area contributed by atoms with E-state index in [2.05, 4.69) is 45.4 Å². The first-order valence-corrected chi connectivity index (χ1v) is 10.9. The summed E-state index contributed by atoms with van der Waals surface area (Å²) >= 11 is 0. The highest BCUT2D eigenvalue weighted by atomic mass is 16.2. The van der Waals surface area contributed by atoms with E-state index in [0.717, 1.165) is 50.3 Å². The summed E-state index contributed by atoms with van der Waals surface area (Å²) < 4.78 is 0. The number of aromatic nitrogens is 3. The molecule has 4 heterocycles. The third-order valence-electron chi connectivity index (χ3n) is 6.20. The van der Waals surface area contributed by atoms with E-state index in [4.69, 9.17) is 4.98 Å². The molecule has 0 radical (unpaired) electrons. The van der Waals surface area contributed by atoms with Crippen molar-refractivity contribution in [3.63, 3.8) is 0 Å². The Labute approximate surface area is 178 Å².